The van der Waals surface area contributed by atoms with Crippen molar-refractivity contribution in [3.05, 3.63) is 40.0 Å². The van der Waals surface area contributed by atoms with Crippen molar-refractivity contribution in [2.75, 3.05) is 0 Å². The van der Waals surface area contributed by atoms with Crippen molar-refractivity contribution in [3.63, 3.8) is 0 Å². The molecule has 2 N–H and O–H groups in total. The molecule has 0 radical (unpaired) electrons. The van der Waals surface area contributed by atoms with E-state index < -0.39 is 0 Å². The fourth-order valence-electron chi connectivity index (χ4n) is 1.99. The van der Waals surface area contributed by atoms with Gasteiger partial charge in [-0.25, -0.2) is 0 Å². The molecule has 0 amide bonds. The van der Waals surface area contributed by atoms with E-state index in [-0.39, 0.29) is 11.5 Å². The number of nitrogens with two attached hydrogens (primary N) is 1. The van der Waals surface area contributed by atoms with Crippen LogP contribution in [-0.4, -0.2) is 4.98 Å². The normalized spacial score (nSPS) is 13.9. The lowest BCUT2D eigenvalue weighted by molar-refractivity contribution is 0.569. The van der Waals surface area contributed by atoms with E-state index in [1.54, 1.807) is 0 Å². The van der Waals surface area contributed by atoms with E-state index in [9.17, 15) is 0 Å². The summed E-state index contributed by atoms with van der Waals surface area (Å²) in [4.78, 5) is 4.75. The van der Waals surface area contributed by atoms with Crippen molar-refractivity contribution in [2.24, 2.45) is 5.73 Å². The van der Waals surface area contributed by atoms with E-state index in [0.717, 1.165) is 26.6 Å². The average molecular weight is 307 g/mol. The maximum absolute atomic E-state index is 6.10. The number of halogens is 1. The second-order valence-corrected chi connectivity index (χ2v) is 6.71. The molecule has 1 aromatic carbocycles. The lowest BCUT2D eigenvalue weighted by Gasteiger charge is -2.21. The molecule has 3 heteroatoms. The van der Waals surface area contributed by atoms with E-state index in [0.29, 0.717) is 0 Å². The third-order valence-electron chi connectivity index (χ3n) is 3.06. The van der Waals surface area contributed by atoms with Crippen LogP contribution in [0.25, 0.3) is 10.9 Å². The first-order chi connectivity index (χ1) is 8.29. The third-order valence-corrected chi connectivity index (χ3v) is 3.55. The minimum absolute atomic E-state index is 0.00546. The topological polar surface area (TPSA) is 38.9 Å². The zero-order chi connectivity index (χ0) is 13.5. The molecular weight excluding hydrogens is 288 g/mol. The number of benzene rings is 1. The molecule has 0 spiro atoms. The highest BCUT2D eigenvalue weighted by Crippen LogP contribution is 2.30. The average Bonchev–Trinajstić information content (AvgIpc) is 2.25. The molecule has 18 heavy (non-hydrogen) atoms. The van der Waals surface area contributed by atoms with Crippen molar-refractivity contribution < 1.29 is 0 Å². The molecule has 0 aliphatic heterocycles. The van der Waals surface area contributed by atoms with E-state index in [4.69, 9.17) is 10.7 Å². The predicted octanol–water partition coefficient (Wildman–Crippen LogP) is 4.31. The van der Waals surface area contributed by atoms with Crippen LogP contribution in [0, 0.1) is 0 Å². The van der Waals surface area contributed by atoms with Gasteiger partial charge in [-0.1, -0.05) is 36.7 Å². The summed E-state index contributed by atoms with van der Waals surface area (Å²) in [5, 5.41) is 1.13. The summed E-state index contributed by atoms with van der Waals surface area (Å²) >= 11 is 3.51. The van der Waals surface area contributed by atoms with Crippen molar-refractivity contribution in [1.82, 2.24) is 4.98 Å². The number of hydrogen-bond donors (Lipinski definition) is 1. The molecule has 0 fully saturated rings. The van der Waals surface area contributed by atoms with Gasteiger partial charge in [0.15, 0.2) is 0 Å². The monoisotopic (exact) mass is 306 g/mol. The fourth-order valence-corrected chi connectivity index (χ4v) is 2.35. The molecule has 1 heterocycles. The lowest BCUT2D eigenvalue weighted by atomic mass is 9.89. The van der Waals surface area contributed by atoms with Gasteiger partial charge in [0.2, 0.25) is 0 Å². The Hall–Kier alpha value is -0.930. The van der Waals surface area contributed by atoms with Crippen molar-refractivity contribution in [1.29, 1.82) is 0 Å². The summed E-state index contributed by atoms with van der Waals surface area (Å²) in [5.41, 5.74) is 9.39. The summed E-state index contributed by atoms with van der Waals surface area (Å²) in [7, 11) is 0. The number of pyridine rings is 1. The lowest BCUT2D eigenvalue weighted by Crippen LogP contribution is -2.16. The Labute approximate surface area is 117 Å². The van der Waals surface area contributed by atoms with Gasteiger partial charge in [0, 0.05) is 27.0 Å². The Morgan fingerprint density at radius 2 is 1.89 bits per heavy atom. The minimum atomic E-state index is 0.00546. The summed E-state index contributed by atoms with van der Waals surface area (Å²) in [6, 6.07) is 8.30. The largest absolute Gasteiger partial charge is 0.324 e. The zero-order valence-electron chi connectivity index (χ0n) is 11.3. The number of hydrogen-bond acceptors (Lipinski definition) is 2. The maximum Gasteiger partial charge on any atom is 0.0709 e. The highest BCUT2D eigenvalue weighted by molar-refractivity contribution is 9.10. The quantitative estimate of drug-likeness (QED) is 0.852. The van der Waals surface area contributed by atoms with Gasteiger partial charge in [-0.2, -0.15) is 0 Å². The second kappa shape index (κ2) is 4.63. The van der Waals surface area contributed by atoms with E-state index in [2.05, 4.69) is 48.8 Å². The van der Waals surface area contributed by atoms with Crippen molar-refractivity contribution >= 4 is 26.8 Å². The van der Waals surface area contributed by atoms with Crippen molar-refractivity contribution in [3.8, 4) is 0 Å². The number of fused-ring (bicyclic) bond motifs is 1. The summed E-state index contributed by atoms with van der Waals surface area (Å²) in [6.07, 6.45) is 0. The van der Waals surface area contributed by atoms with Gasteiger partial charge < -0.3 is 5.73 Å². The first-order valence-electron chi connectivity index (χ1n) is 6.15. The molecule has 0 saturated heterocycles. The van der Waals surface area contributed by atoms with Gasteiger partial charge in [0.05, 0.1) is 5.52 Å². The van der Waals surface area contributed by atoms with E-state index in [1.165, 1.54) is 0 Å². The first-order valence-corrected chi connectivity index (χ1v) is 6.94. The molecule has 1 aromatic heterocycles. The predicted molar refractivity (Wildman–Crippen MR) is 80.7 cm³/mol. The summed E-state index contributed by atoms with van der Waals surface area (Å²) < 4.78 is 1.06. The maximum atomic E-state index is 6.10. The smallest absolute Gasteiger partial charge is 0.0709 e. The standard InChI is InChI=1S/C15H19BrN2/c1-9(17)11-8-14(15(2,3)4)18-13-6-5-10(16)7-12(11)13/h5-9H,17H2,1-4H3. The molecule has 0 saturated carbocycles. The molecular formula is C15H19BrN2. The van der Waals surface area contributed by atoms with Gasteiger partial charge >= 0.3 is 0 Å². The Morgan fingerprint density at radius 3 is 2.44 bits per heavy atom. The fraction of sp³-hybridized carbons (Fsp3) is 0.400. The van der Waals surface area contributed by atoms with Crippen LogP contribution in [0.2, 0.25) is 0 Å². The summed E-state index contributed by atoms with van der Waals surface area (Å²) in [5.74, 6) is 0. The molecule has 0 aliphatic rings. The zero-order valence-corrected chi connectivity index (χ0v) is 12.9. The number of aromatic nitrogens is 1. The van der Waals surface area contributed by atoms with Crippen molar-refractivity contribution in [2.45, 2.75) is 39.2 Å². The highest BCUT2D eigenvalue weighted by Gasteiger charge is 2.19. The number of nitrogens with zero attached hydrogens (tertiary/aromatic N) is 1. The van der Waals surface area contributed by atoms with Crippen LogP contribution in [0.1, 0.15) is 45.0 Å². The van der Waals surface area contributed by atoms with Gasteiger partial charge in [-0.3, -0.25) is 4.98 Å². The van der Waals surface area contributed by atoms with Gasteiger partial charge in [0.25, 0.3) is 0 Å². The van der Waals surface area contributed by atoms with Crippen LogP contribution >= 0.6 is 15.9 Å². The van der Waals surface area contributed by atoms with Crippen LogP contribution in [0.3, 0.4) is 0 Å². The number of rotatable bonds is 1. The molecule has 2 rings (SSSR count). The molecule has 2 nitrogen and oxygen atoms in total. The van der Waals surface area contributed by atoms with Gasteiger partial charge in [-0.15, -0.1) is 0 Å². The first kappa shape index (κ1) is 13.5. The Morgan fingerprint density at radius 1 is 1.22 bits per heavy atom. The third kappa shape index (κ3) is 2.57. The van der Waals surface area contributed by atoms with Crippen LogP contribution in [0.4, 0.5) is 0 Å². The molecule has 1 atom stereocenters. The van der Waals surface area contributed by atoms with E-state index in [1.807, 2.05) is 19.1 Å². The molecule has 96 valence electrons. The van der Waals surface area contributed by atoms with Gasteiger partial charge in [0.1, 0.15) is 0 Å². The highest BCUT2D eigenvalue weighted by atomic mass is 79.9. The second-order valence-electron chi connectivity index (χ2n) is 5.80. The van der Waals surface area contributed by atoms with Crippen LogP contribution in [-0.2, 0) is 5.41 Å². The molecule has 0 bridgehead atoms. The van der Waals surface area contributed by atoms with Crippen LogP contribution in [0.5, 0.6) is 0 Å². The molecule has 0 aliphatic carbocycles. The Balaban J connectivity index is 2.79. The SMILES string of the molecule is CC(N)c1cc(C(C)(C)C)nc2ccc(Br)cc12. The van der Waals surface area contributed by atoms with Gasteiger partial charge in [-0.05, 0) is 36.8 Å². The van der Waals surface area contributed by atoms with Crippen LogP contribution in [0.15, 0.2) is 28.7 Å². The Kier molecular flexibility index (Phi) is 3.47. The minimum Gasteiger partial charge on any atom is -0.324 e. The molecule has 2 aromatic rings. The van der Waals surface area contributed by atoms with E-state index >= 15 is 0 Å². The van der Waals surface area contributed by atoms with Crippen LogP contribution < -0.4 is 5.73 Å². The Bertz CT molecular complexity index is 583. The summed E-state index contributed by atoms with van der Waals surface area (Å²) in [6.45, 7) is 8.53. The molecule has 1 unspecified atom stereocenters.